The number of hydrogen-bond donors (Lipinski definition) is 2. The van der Waals surface area contributed by atoms with E-state index in [0.29, 0.717) is 13.1 Å². The Kier molecular flexibility index (Phi) is 5.62. The highest BCUT2D eigenvalue weighted by Gasteiger charge is 2.21. The summed E-state index contributed by atoms with van der Waals surface area (Å²) in [4.78, 5) is 23.9. The van der Waals surface area contributed by atoms with Gasteiger partial charge in [0.05, 0.1) is 7.11 Å². The Morgan fingerprint density at radius 2 is 1.80 bits per heavy atom. The molecule has 0 aliphatic carbocycles. The molecule has 2 N–H and O–H groups in total. The predicted molar refractivity (Wildman–Crippen MR) is 138 cm³/mol. The van der Waals surface area contributed by atoms with Crippen LogP contribution in [0, 0.1) is 0 Å². The van der Waals surface area contributed by atoms with Crippen molar-refractivity contribution >= 4 is 22.8 Å². The minimum absolute atomic E-state index is 0.238. The molecule has 2 aliphatic heterocycles. The third-order valence-corrected chi connectivity index (χ3v) is 7.16. The molecule has 7 nitrogen and oxygen atoms in total. The lowest BCUT2D eigenvalue weighted by molar-refractivity contribution is 0.0889. The molecule has 0 saturated carbocycles. The summed E-state index contributed by atoms with van der Waals surface area (Å²) in [6.45, 7) is 5.01. The van der Waals surface area contributed by atoms with Gasteiger partial charge in [-0.15, -0.1) is 0 Å². The fourth-order valence-corrected chi connectivity index (χ4v) is 5.15. The number of piperazine rings is 1. The van der Waals surface area contributed by atoms with E-state index in [1.54, 1.807) is 4.90 Å². The number of amides is 1. The van der Waals surface area contributed by atoms with Gasteiger partial charge in [0, 0.05) is 73.9 Å². The zero-order valence-corrected chi connectivity index (χ0v) is 19.9. The van der Waals surface area contributed by atoms with Crippen LogP contribution >= 0.6 is 0 Å². The van der Waals surface area contributed by atoms with Crippen molar-refractivity contribution in [2.24, 2.45) is 0 Å². The zero-order chi connectivity index (χ0) is 23.8. The van der Waals surface area contributed by atoms with Crippen molar-refractivity contribution in [3.63, 3.8) is 0 Å². The summed E-state index contributed by atoms with van der Waals surface area (Å²) >= 11 is 0. The second-order valence-electron chi connectivity index (χ2n) is 9.30. The highest BCUT2D eigenvalue weighted by atomic mass is 16.5. The molecule has 1 saturated heterocycles. The summed E-state index contributed by atoms with van der Waals surface area (Å²) < 4.78 is 4.83. The first-order valence-corrected chi connectivity index (χ1v) is 12.2. The fourth-order valence-electron chi connectivity index (χ4n) is 5.15. The van der Waals surface area contributed by atoms with Gasteiger partial charge in [0.25, 0.3) is 0 Å². The standard InChI is InChI=1S/C28H29N5O2/c1-35-28(34)33-12-10-32(11-13-33)18-19-2-4-20(5-3-19)23-15-24-25(17-31-27(24)30-16-23)21-6-7-26-22(14-21)8-9-29-26/h2-7,14-17,29H,8-13,18H2,1H3,(H,30,31). The Labute approximate surface area is 204 Å². The number of aromatic amines is 1. The number of nitrogens with zero attached hydrogens (tertiary/aromatic N) is 3. The summed E-state index contributed by atoms with van der Waals surface area (Å²) in [5, 5.41) is 4.58. The number of anilines is 1. The molecule has 2 aromatic heterocycles. The van der Waals surface area contributed by atoms with Crippen molar-refractivity contribution in [1.29, 1.82) is 0 Å². The average Bonchev–Trinajstić information content (AvgIpc) is 3.55. The fraction of sp³-hybridized carbons (Fsp3) is 0.286. The molecular formula is C28H29N5O2. The SMILES string of the molecule is COC(=O)N1CCN(Cc2ccc(-c3cnc4[nH]cc(-c5ccc6c(c5)CCN6)c4c3)cc2)CC1. The van der Waals surface area contributed by atoms with Crippen LogP contribution < -0.4 is 5.32 Å². The van der Waals surface area contributed by atoms with Crippen LogP contribution in [0.4, 0.5) is 10.5 Å². The number of carbonyl (C=O) groups excluding carboxylic acids is 1. The maximum atomic E-state index is 11.7. The number of rotatable bonds is 4. The third kappa shape index (κ3) is 4.23. The van der Waals surface area contributed by atoms with Crippen LogP contribution in [0.3, 0.4) is 0 Å². The Morgan fingerprint density at radius 3 is 2.60 bits per heavy atom. The van der Waals surface area contributed by atoms with E-state index < -0.39 is 0 Å². The van der Waals surface area contributed by atoms with Crippen molar-refractivity contribution in [3.05, 3.63) is 72.1 Å². The van der Waals surface area contributed by atoms with E-state index in [-0.39, 0.29) is 6.09 Å². The Bertz CT molecular complexity index is 1370. The van der Waals surface area contributed by atoms with Crippen LogP contribution in [-0.2, 0) is 17.7 Å². The van der Waals surface area contributed by atoms with E-state index in [1.165, 1.54) is 35.1 Å². The van der Waals surface area contributed by atoms with Gasteiger partial charge in [-0.3, -0.25) is 4.90 Å². The van der Waals surface area contributed by atoms with Gasteiger partial charge < -0.3 is 19.9 Å². The third-order valence-electron chi connectivity index (χ3n) is 7.16. The first kappa shape index (κ1) is 21.7. The molecule has 0 radical (unpaired) electrons. The predicted octanol–water partition coefficient (Wildman–Crippen LogP) is 4.75. The number of benzene rings is 2. The number of methoxy groups -OCH3 is 1. The molecule has 0 unspecified atom stereocenters. The van der Waals surface area contributed by atoms with Gasteiger partial charge in [0.2, 0.25) is 0 Å². The van der Waals surface area contributed by atoms with Gasteiger partial charge in [-0.25, -0.2) is 9.78 Å². The summed E-state index contributed by atoms with van der Waals surface area (Å²) in [6.07, 6.45) is 4.84. The number of fused-ring (bicyclic) bond motifs is 2. The van der Waals surface area contributed by atoms with E-state index in [1.807, 2.05) is 6.20 Å². The van der Waals surface area contributed by atoms with E-state index in [2.05, 4.69) is 69.9 Å². The molecule has 0 bridgehead atoms. The van der Waals surface area contributed by atoms with Crippen molar-refractivity contribution < 1.29 is 9.53 Å². The summed E-state index contributed by atoms with van der Waals surface area (Å²) in [5.74, 6) is 0. The lowest BCUT2D eigenvalue weighted by atomic mass is 9.99. The Hall–Kier alpha value is -3.84. The normalized spacial score (nSPS) is 15.7. The molecule has 178 valence electrons. The number of aromatic nitrogens is 2. The summed E-state index contributed by atoms with van der Waals surface area (Å²) in [7, 11) is 1.44. The zero-order valence-electron chi connectivity index (χ0n) is 19.9. The molecular weight excluding hydrogens is 438 g/mol. The quantitative estimate of drug-likeness (QED) is 0.453. The molecule has 4 heterocycles. The number of carbonyl (C=O) groups is 1. The van der Waals surface area contributed by atoms with Crippen LogP contribution in [0.25, 0.3) is 33.3 Å². The number of ether oxygens (including phenoxy) is 1. The first-order chi connectivity index (χ1) is 17.2. The van der Waals surface area contributed by atoms with Crippen molar-refractivity contribution in [2.45, 2.75) is 13.0 Å². The molecule has 1 fully saturated rings. The highest BCUT2D eigenvalue weighted by molar-refractivity contribution is 5.96. The highest BCUT2D eigenvalue weighted by Crippen LogP contribution is 2.34. The largest absolute Gasteiger partial charge is 0.453 e. The molecule has 7 heteroatoms. The number of nitrogens with one attached hydrogen (secondary N) is 2. The van der Waals surface area contributed by atoms with Crippen molar-refractivity contribution in [2.75, 3.05) is 45.2 Å². The summed E-state index contributed by atoms with van der Waals surface area (Å²) in [5.41, 5.74) is 9.48. The first-order valence-electron chi connectivity index (χ1n) is 12.2. The molecule has 6 rings (SSSR count). The van der Waals surface area contributed by atoms with Crippen LogP contribution in [0.2, 0.25) is 0 Å². The second-order valence-corrected chi connectivity index (χ2v) is 9.30. The lowest BCUT2D eigenvalue weighted by Gasteiger charge is -2.33. The molecule has 0 spiro atoms. The van der Waals surface area contributed by atoms with Crippen LogP contribution in [0.15, 0.2) is 60.9 Å². The second kappa shape index (κ2) is 9.07. The molecule has 0 atom stereocenters. The van der Waals surface area contributed by atoms with E-state index in [0.717, 1.165) is 54.8 Å². The topological polar surface area (TPSA) is 73.5 Å². The van der Waals surface area contributed by atoms with Crippen LogP contribution in [-0.4, -0.2) is 65.7 Å². The van der Waals surface area contributed by atoms with Gasteiger partial charge in [0.1, 0.15) is 5.65 Å². The van der Waals surface area contributed by atoms with Crippen molar-refractivity contribution in [3.8, 4) is 22.3 Å². The van der Waals surface area contributed by atoms with Gasteiger partial charge >= 0.3 is 6.09 Å². The van der Waals surface area contributed by atoms with Crippen LogP contribution in [0.5, 0.6) is 0 Å². The maximum Gasteiger partial charge on any atom is 0.409 e. The van der Waals surface area contributed by atoms with Gasteiger partial charge in [-0.1, -0.05) is 30.3 Å². The smallest absolute Gasteiger partial charge is 0.409 e. The van der Waals surface area contributed by atoms with Crippen molar-refractivity contribution in [1.82, 2.24) is 19.8 Å². The average molecular weight is 468 g/mol. The van der Waals surface area contributed by atoms with Gasteiger partial charge in [-0.2, -0.15) is 0 Å². The summed E-state index contributed by atoms with van der Waals surface area (Å²) in [6, 6.07) is 17.6. The number of H-pyrrole nitrogens is 1. The van der Waals surface area contributed by atoms with E-state index >= 15 is 0 Å². The maximum absolute atomic E-state index is 11.7. The Balaban J connectivity index is 1.19. The van der Waals surface area contributed by atoms with E-state index in [4.69, 9.17) is 9.72 Å². The van der Waals surface area contributed by atoms with Crippen LogP contribution in [0.1, 0.15) is 11.1 Å². The lowest BCUT2D eigenvalue weighted by Crippen LogP contribution is -2.48. The van der Waals surface area contributed by atoms with E-state index in [9.17, 15) is 4.79 Å². The molecule has 4 aromatic rings. The monoisotopic (exact) mass is 467 g/mol. The van der Waals surface area contributed by atoms with Gasteiger partial charge in [-0.05, 0) is 46.9 Å². The number of pyridine rings is 1. The molecule has 1 amide bonds. The van der Waals surface area contributed by atoms with Gasteiger partial charge in [0.15, 0.2) is 0 Å². The minimum Gasteiger partial charge on any atom is -0.453 e. The molecule has 2 aromatic carbocycles. The minimum atomic E-state index is -0.238. The Morgan fingerprint density at radius 1 is 1.00 bits per heavy atom. The number of hydrogen-bond acceptors (Lipinski definition) is 5. The molecule has 35 heavy (non-hydrogen) atoms. The molecule has 2 aliphatic rings.